The van der Waals surface area contributed by atoms with Gasteiger partial charge in [0.1, 0.15) is 0 Å². The number of benzene rings is 1. The quantitative estimate of drug-likeness (QED) is 0.816. The molecule has 0 amide bonds. The van der Waals surface area contributed by atoms with Gasteiger partial charge in [0.05, 0.1) is 6.54 Å². The van der Waals surface area contributed by atoms with E-state index in [2.05, 4.69) is 5.32 Å². The summed E-state index contributed by atoms with van der Waals surface area (Å²) in [5.41, 5.74) is 2.10. The minimum absolute atomic E-state index is 0.390. The normalized spacial score (nSPS) is 11.9. The first kappa shape index (κ1) is 15.8. The van der Waals surface area contributed by atoms with Crippen molar-refractivity contribution in [1.82, 2.24) is 4.90 Å². The summed E-state index contributed by atoms with van der Waals surface area (Å²) < 4.78 is 37.1. The molecule has 0 aliphatic heterocycles. The van der Waals surface area contributed by atoms with Gasteiger partial charge >= 0.3 is 6.18 Å². The van der Waals surface area contributed by atoms with Crippen LogP contribution in [0.3, 0.4) is 0 Å². The Labute approximate surface area is 112 Å². The largest absolute Gasteiger partial charge is 0.401 e. The van der Waals surface area contributed by atoms with Crippen molar-refractivity contribution in [3.8, 4) is 0 Å². The molecule has 0 atom stereocenters. The van der Waals surface area contributed by atoms with E-state index < -0.39 is 12.7 Å². The van der Waals surface area contributed by atoms with Crippen LogP contribution in [-0.2, 0) is 0 Å². The van der Waals surface area contributed by atoms with Crippen LogP contribution in [0.4, 0.5) is 18.9 Å². The van der Waals surface area contributed by atoms with E-state index in [0.29, 0.717) is 19.6 Å². The predicted octanol–water partition coefficient (Wildman–Crippen LogP) is 3.68. The van der Waals surface area contributed by atoms with Gasteiger partial charge in [0.15, 0.2) is 0 Å². The number of alkyl halides is 3. The molecule has 1 N–H and O–H groups in total. The van der Waals surface area contributed by atoms with Crippen LogP contribution in [0.1, 0.15) is 18.9 Å². The number of hydrogen-bond acceptors (Lipinski definition) is 2. The van der Waals surface area contributed by atoms with Crippen LogP contribution in [0.5, 0.6) is 0 Å². The fourth-order valence-electron chi connectivity index (χ4n) is 1.87. The first-order chi connectivity index (χ1) is 8.90. The zero-order chi connectivity index (χ0) is 14.3. The number of hydrogen-bond donors (Lipinski definition) is 1. The van der Waals surface area contributed by atoms with Crippen molar-refractivity contribution >= 4 is 5.69 Å². The highest BCUT2D eigenvalue weighted by Crippen LogP contribution is 2.16. The third kappa shape index (κ3) is 7.06. The number of aryl methyl sites for hydroxylation is 1. The van der Waals surface area contributed by atoms with Crippen molar-refractivity contribution in [2.45, 2.75) is 26.4 Å². The summed E-state index contributed by atoms with van der Waals surface area (Å²) in [6.07, 6.45) is -3.40. The van der Waals surface area contributed by atoms with Gasteiger partial charge in [0, 0.05) is 18.8 Å². The van der Waals surface area contributed by atoms with Crippen LogP contribution in [0.25, 0.3) is 0 Å². The van der Waals surface area contributed by atoms with Crippen LogP contribution >= 0.6 is 0 Å². The topological polar surface area (TPSA) is 15.3 Å². The number of rotatable bonds is 7. The van der Waals surface area contributed by atoms with E-state index in [1.165, 1.54) is 4.90 Å². The molecule has 19 heavy (non-hydrogen) atoms. The second kappa shape index (κ2) is 7.38. The Morgan fingerprint density at radius 2 is 1.74 bits per heavy atom. The van der Waals surface area contributed by atoms with Crippen LogP contribution < -0.4 is 5.32 Å². The van der Waals surface area contributed by atoms with Crippen LogP contribution in [0.15, 0.2) is 24.3 Å². The van der Waals surface area contributed by atoms with E-state index in [0.717, 1.165) is 17.7 Å². The van der Waals surface area contributed by atoms with Crippen LogP contribution in [0, 0.1) is 6.92 Å². The van der Waals surface area contributed by atoms with E-state index in [1.54, 1.807) is 0 Å². The van der Waals surface area contributed by atoms with E-state index in [9.17, 15) is 13.2 Å². The summed E-state index contributed by atoms with van der Waals surface area (Å²) in [7, 11) is 0. The molecule has 0 heterocycles. The Morgan fingerprint density at radius 1 is 1.11 bits per heavy atom. The lowest BCUT2D eigenvalue weighted by atomic mass is 10.2. The summed E-state index contributed by atoms with van der Waals surface area (Å²) in [5.74, 6) is 0. The maximum atomic E-state index is 12.4. The molecule has 0 fully saturated rings. The monoisotopic (exact) mass is 274 g/mol. The predicted molar refractivity (Wildman–Crippen MR) is 72.5 cm³/mol. The molecule has 0 unspecified atom stereocenters. The minimum atomic E-state index is -4.13. The molecular formula is C14H21F3N2. The molecule has 0 radical (unpaired) electrons. The van der Waals surface area contributed by atoms with E-state index in [4.69, 9.17) is 0 Å². The third-order valence-electron chi connectivity index (χ3n) is 2.75. The summed E-state index contributed by atoms with van der Waals surface area (Å²) in [6.45, 7) is 4.42. The highest BCUT2D eigenvalue weighted by molar-refractivity contribution is 5.44. The highest BCUT2D eigenvalue weighted by atomic mass is 19.4. The van der Waals surface area contributed by atoms with Crippen molar-refractivity contribution < 1.29 is 13.2 Å². The van der Waals surface area contributed by atoms with Gasteiger partial charge in [-0.2, -0.15) is 13.2 Å². The van der Waals surface area contributed by atoms with Gasteiger partial charge in [-0.1, -0.05) is 24.6 Å². The molecule has 0 aliphatic carbocycles. The molecule has 5 heteroatoms. The number of nitrogens with one attached hydrogen (secondary N) is 1. The number of anilines is 1. The lowest BCUT2D eigenvalue weighted by Gasteiger charge is -2.23. The molecule has 1 aromatic carbocycles. The van der Waals surface area contributed by atoms with Gasteiger partial charge in [0.25, 0.3) is 0 Å². The van der Waals surface area contributed by atoms with E-state index >= 15 is 0 Å². The number of nitrogens with zero attached hydrogens (tertiary/aromatic N) is 1. The highest BCUT2D eigenvalue weighted by Gasteiger charge is 2.29. The van der Waals surface area contributed by atoms with Gasteiger partial charge in [-0.15, -0.1) is 0 Å². The fourth-order valence-corrected chi connectivity index (χ4v) is 1.87. The lowest BCUT2D eigenvalue weighted by Crippen LogP contribution is -2.37. The molecule has 1 rings (SSSR count). The Bertz CT molecular complexity index is 360. The molecule has 0 aromatic heterocycles. The Kier molecular flexibility index (Phi) is 6.15. The lowest BCUT2D eigenvalue weighted by molar-refractivity contribution is -0.145. The van der Waals surface area contributed by atoms with E-state index in [1.807, 2.05) is 38.1 Å². The maximum Gasteiger partial charge on any atom is 0.401 e. The average Bonchev–Trinajstić information content (AvgIpc) is 2.30. The molecule has 1 aromatic rings. The fraction of sp³-hybridized carbons (Fsp3) is 0.571. The van der Waals surface area contributed by atoms with E-state index in [-0.39, 0.29) is 0 Å². The van der Waals surface area contributed by atoms with Gasteiger partial charge < -0.3 is 5.32 Å². The SMILES string of the molecule is CCCN(CCNc1ccc(C)cc1)CC(F)(F)F. The van der Waals surface area contributed by atoms with Crippen molar-refractivity contribution in [2.75, 3.05) is 31.5 Å². The summed E-state index contributed by atoms with van der Waals surface area (Å²) in [6, 6.07) is 7.82. The van der Waals surface area contributed by atoms with Crippen molar-refractivity contribution in [2.24, 2.45) is 0 Å². The van der Waals surface area contributed by atoms with Gasteiger partial charge in [-0.25, -0.2) is 0 Å². The second-order valence-electron chi connectivity index (χ2n) is 4.68. The third-order valence-corrected chi connectivity index (χ3v) is 2.75. The first-order valence-electron chi connectivity index (χ1n) is 6.50. The summed E-state index contributed by atoms with van der Waals surface area (Å²) in [4.78, 5) is 1.43. The molecule has 2 nitrogen and oxygen atoms in total. The molecular weight excluding hydrogens is 253 g/mol. The molecule has 0 saturated carbocycles. The van der Waals surface area contributed by atoms with Gasteiger partial charge in [0.2, 0.25) is 0 Å². The Morgan fingerprint density at radius 3 is 2.26 bits per heavy atom. The first-order valence-corrected chi connectivity index (χ1v) is 6.50. The maximum absolute atomic E-state index is 12.4. The Balaban J connectivity index is 2.37. The second-order valence-corrected chi connectivity index (χ2v) is 4.68. The van der Waals surface area contributed by atoms with Gasteiger partial charge in [-0.3, -0.25) is 4.90 Å². The summed E-state index contributed by atoms with van der Waals surface area (Å²) >= 11 is 0. The van der Waals surface area contributed by atoms with Crippen LogP contribution in [0.2, 0.25) is 0 Å². The average molecular weight is 274 g/mol. The zero-order valence-corrected chi connectivity index (χ0v) is 11.4. The standard InChI is InChI=1S/C14H21F3N2/c1-3-9-19(11-14(15,16)17)10-8-18-13-6-4-12(2)5-7-13/h4-7,18H,3,8-11H2,1-2H3. The summed E-state index contributed by atoms with van der Waals surface area (Å²) in [5, 5.41) is 3.14. The van der Waals surface area contributed by atoms with Crippen molar-refractivity contribution in [3.05, 3.63) is 29.8 Å². The smallest absolute Gasteiger partial charge is 0.384 e. The van der Waals surface area contributed by atoms with Crippen molar-refractivity contribution in [1.29, 1.82) is 0 Å². The van der Waals surface area contributed by atoms with Crippen LogP contribution in [-0.4, -0.2) is 37.3 Å². The Hall–Kier alpha value is -1.23. The number of halogens is 3. The molecule has 0 bridgehead atoms. The van der Waals surface area contributed by atoms with Crippen molar-refractivity contribution in [3.63, 3.8) is 0 Å². The zero-order valence-electron chi connectivity index (χ0n) is 11.4. The molecule has 0 saturated heterocycles. The molecule has 108 valence electrons. The molecule has 0 aliphatic rings. The minimum Gasteiger partial charge on any atom is -0.384 e. The molecule has 0 spiro atoms. The van der Waals surface area contributed by atoms with Gasteiger partial charge in [-0.05, 0) is 32.0 Å².